The smallest absolute Gasteiger partial charge is 0.222 e. The van der Waals surface area contributed by atoms with E-state index < -0.39 is 0 Å². The van der Waals surface area contributed by atoms with Gasteiger partial charge in [0.1, 0.15) is 5.54 Å². The van der Waals surface area contributed by atoms with Crippen LogP contribution < -0.4 is 4.90 Å². The third-order valence-electron chi connectivity index (χ3n) is 6.14. The van der Waals surface area contributed by atoms with Gasteiger partial charge < -0.3 is 14.4 Å². The molecule has 0 N–H and O–H groups in total. The highest BCUT2D eigenvalue weighted by Crippen LogP contribution is 2.47. The molecule has 0 unspecified atom stereocenters. The van der Waals surface area contributed by atoms with Crippen LogP contribution in [-0.2, 0) is 10.3 Å². The van der Waals surface area contributed by atoms with Gasteiger partial charge in [-0.15, -0.1) is 0 Å². The maximum absolute atomic E-state index is 12.8. The number of nitrogens with zero attached hydrogens (tertiary/aromatic N) is 4. The molecule has 28 heavy (non-hydrogen) atoms. The normalized spacial score (nSPS) is 20.9. The SMILES string of the molecule is CC(C)CCN1c2cccnc2-n2cccc2[C@]12CCN(C(=O)CC(C)C)C2. The molecule has 2 aliphatic heterocycles. The fourth-order valence-corrected chi connectivity index (χ4v) is 4.73. The number of aromatic nitrogens is 2. The second-order valence-electron chi connectivity index (χ2n) is 9.14. The highest BCUT2D eigenvalue weighted by molar-refractivity contribution is 5.77. The molecule has 150 valence electrons. The molecular weight excluding hydrogens is 348 g/mol. The first-order valence-electron chi connectivity index (χ1n) is 10.6. The van der Waals surface area contributed by atoms with E-state index in [-0.39, 0.29) is 11.4 Å². The molecule has 1 fully saturated rings. The molecule has 4 heterocycles. The minimum Gasteiger partial charge on any atom is -0.355 e. The van der Waals surface area contributed by atoms with E-state index in [4.69, 9.17) is 4.98 Å². The van der Waals surface area contributed by atoms with Crippen molar-refractivity contribution >= 4 is 11.6 Å². The number of hydrogen-bond acceptors (Lipinski definition) is 3. The second-order valence-corrected chi connectivity index (χ2v) is 9.14. The van der Waals surface area contributed by atoms with Crippen LogP contribution in [0, 0.1) is 11.8 Å². The zero-order valence-electron chi connectivity index (χ0n) is 17.6. The van der Waals surface area contributed by atoms with E-state index in [9.17, 15) is 4.79 Å². The molecule has 2 aromatic rings. The molecule has 2 aromatic heterocycles. The van der Waals surface area contributed by atoms with Crippen LogP contribution in [0.15, 0.2) is 36.7 Å². The Bertz CT molecular complexity index is 856. The van der Waals surface area contributed by atoms with Crippen LogP contribution in [0.3, 0.4) is 0 Å². The third-order valence-corrected chi connectivity index (χ3v) is 6.14. The first-order valence-corrected chi connectivity index (χ1v) is 10.6. The van der Waals surface area contributed by atoms with Crippen LogP contribution in [0.4, 0.5) is 5.69 Å². The van der Waals surface area contributed by atoms with Crippen molar-refractivity contribution in [1.29, 1.82) is 0 Å². The van der Waals surface area contributed by atoms with Crippen molar-refractivity contribution in [3.8, 4) is 5.82 Å². The summed E-state index contributed by atoms with van der Waals surface area (Å²) in [4.78, 5) is 22.2. The Morgan fingerprint density at radius 1 is 1.18 bits per heavy atom. The van der Waals surface area contributed by atoms with Gasteiger partial charge in [0, 0.05) is 38.4 Å². The van der Waals surface area contributed by atoms with Gasteiger partial charge in [0.2, 0.25) is 5.91 Å². The quantitative estimate of drug-likeness (QED) is 0.780. The number of carbonyl (C=O) groups excluding carboxylic acids is 1. The Morgan fingerprint density at radius 3 is 2.75 bits per heavy atom. The summed E-state index contributed by atoms with van der Waals surface area (Å²) in [5, 5.41) is 0. The van der Waals surface area contributed by atoms with Gasteiger partial charge in [-0.05, 0) is 48.9 Å². The fourth-order valence-electron chi connectivity index (χ4n) is 4.73. The number of carbonyl (C=O) groups is 1. The summed E-state index contributed by atoms with van der Waals surface area (Å²) < 4.78 is 2.23. The predicted octanol–water partition coefficient (Wildman–Crippen LogP) is 4.21. The van der Waals surface area contributed by atoms with Crippen molar-refractivity contribution in [3.05, 3.63) is 42.4 Å². The van der Waals surface area contributed by atoms with Crippen molar-refractivity contribution in [1.82, 2.24) is 14.5 Å². The van der Waals surface area contributed by atoms with Gasteiger partial charge in [-0.3, -0.25) is 4.79 Å². The summed E-state index contributed by atoms with van der Waals surface area (Å²) in [6.45, 7) is 11.3. The molecule has 0 radical (unpaired) electrons. The van der Waals surface area contributed by atoms with Crippen LogP contribution in [0.2, 0.25) is 0 Å². The van der Waals surface area contributed by atoms with E-state index in [2.05, 4.69) is 66.5 Å². The van der Waals surface area contributed by atoms with Crippen molar-refractivity contribution in [3.63, 3.8) is 0 Å². The average molecular weight is 381 g/mol. The van der Waals surface area contributed by atoms with Crippen LogP contribution in [0.1, 0.15) is 52.7 Å². The van der Waals surface area contributed by atoms with Crippen molar-refractivity contribution in [2.75, 3.05) is 24.5 Å². The molecule has 5 nitrogen and oxygen atoms in total. The Balaban J connectivity index is 1.75. The lowest BCUT2D eigenvalue weighted by Gasteiger charge is -2.47. The van der Waals surface area contributed by atoms with Gasteiger partial charge >= 0.3 is 0 Å². The van der Waals surface area contributed by atoms with E-state index >= 15 is 0 Å². The maximum Gasteiger partial charge on any atom is 0.222 e. The van der Waals surface area contributed by atoms with E-state index in [0.717, 1.165) is 38.3 Å². The summed E-state index contributed by atoms with van der Waals surface area (Å²) in [7, 11) is 0. The Kier molecular flexibility index (Phi) is 4.94. The number of amides is 1. The van der Waals surface area contributed by atoms with E-state index in [0.29, 0.717) is 18.3 Å². The minimum atomic E-state index is -0.166. The second kappa shape index (κ2) is 7.26. The minimum absolute atomic E-state index is 0.166. The molecule has 1 saturated heterocycles. The Labute approximate surface area is 168 Å². The van der Waals surface area contributed by atoms with Gasteiger partial charge in [0.15, 0.2) is 5.82 Å². The number of pyridine rings is 1. The summed E-state index contributed by atoms with van der Waals surface area (Å²) in [6.07, 6.45) is 6.70. The van der Waals surface area contributed by atoms with Crippen molar-refractivity contribution < 1.29 is 4.79 Å². The van der Waals surface area contributed by atoms with E-state index in [1.54, 1.807) is 0 Å². The number of anilines is 1. The number of fused-ring (bicyclic) bond motifs is 4. The molecule has 4 rings (SSSR count). The lowest BCUT2D eigenvalue weighted by atomic mass is 9.88. The number of likely N-dealkylation sites (tertiary alicyclic amines) is 1. The highest BCUT2D eigenvalue weighted by atomic mass is 16.2. The topological polar surface area (TPSA) is 41.4 Å². The molecule has 2 aliphatic rings. The molecule has 0 aliphatic carbocycles. The lowest BCUT2D eigenvalue weighted by molar-refractivity contribution is -0.131. The summed E-state index contributed by atoms with van der Waals surface area (Å²) in [5.74, 6) is 2.31. The first kappa shape index (κ1) is 19.0. The van der Waals surface area contributed by atoms with Crippen molar-refractivity contribution in [2.24, 2.45) is 11.8 Å². The van der Waals surface area contributed by atoms with Crippen LogP contribution in [0.25, 0.3) is 5.82 Å². The first-order chi connectivity index (χ1) is 13.4. The van der Waals surface area contributed by atoms with E-state index in [1.165, 1.54) is 11.4 Å². The van der Waals surface area contributed by atoms with E-state index in [1.807, 2.05) is 12.3 Å². The zero-order chi connectivity index (χ0) is 19.9. The molecule has 0 aromatic carbocycles. The highest BCUT2D eigenvalue weighted by Gasteiger charge is 2.50. The number of hydrogen-bond donors (Lipinski definition) is 0. The monoisotopic (exact) mass is 380 g/mol. The van der Waals surface area contributed by atoms with Crippen molar-refractivity contribution in [2.45, 2.75) is 52.5 Å². The Morgan fingerprint density at radius 2 is 2.00 bits per heavy atom. The molecular formula is C23H32N4O. The molecule has 0 saturated carbocycles. The fraction of sp³-hybridized carbons (Fsp3) is 0.565. The van der Waals surface area contributed by atoms with Gasteiger partial charge in [-0.2, -0.15) is 0 Å². The van der Waals surface area contributed by atoms with Crippen LogP contribution in [-0.4, -0.2) is 40.0 Å². The third kappa shape index (κ3) is 3.11. The van der Waals surface area contributed by atoms with Crippen LogP contribution >= 0.6 is 0 Å². The summed E-state index contributed by atoms with van der Waals surface area (Å²) in [6, 6.07) is 8.54. The Hall–Kier alpha value is -2.30. The van der Waals surface area contributed by atoms with Gasteiger partial charge in [-0.25, -0.2) is 4.98 Å². The number of rotatable bonds is 5. The average Bonchev–Trinajstić information content (AvgIpc) is 3.29. The van der Waals surface area contributed by atoms with Gasteiger partial charge in [-0.1, -0.05) is 27.7 Å². The maximum atomic E-state index is 12.8. The standard InChI is InChI=1S/C23H32N4O/c1-17(2)9-13-27-19-7-5-11-24-22(19)26-12-6-8-20(26)23(27)10-14-25(16-23)21(28)15-18(3)4/h5-8,11-12,17-18H,9-10,13-16H2,1-4H3/t23-/m1/s1. The molecule has 1 spiro atoms. The predicted molar refractivity (Wildman–Crippen MR) is 113 cm³/mol. The van der Waals surface area contributed by atoms with Gasteiger partial charge in [0.05, 0.1) is 11.4 Å². The van der Waals surface area contributed by atoms with Gasteiger partial charge in [0.25, 0.3) is 0 Å². The molecule has 1 amide bonds. The zero-order valence-corrected chi connectivity index (χ0v) is 17.6. The summed E-state index contributed by atoms with van der Waals surface area (Å²) >= 11 is 0. The van der Waals surface area contributed by atoms with Crippen LogP contribution in [0.5, 0.6) is 0 Å². The molecule has 5 heteroatoms. The summed E-state index contributed by atoms with van der Waals surface area (Å²) in [5.41, 5.74) is 2.29. The molecule has 0 bridgehead atoms. The lowest BCUT2D eigenvalue weighted by Crippen LogP contribution is -2.53. The molecule has 1 atom stereocenters. The largest absolute Gasteiger partial charge is 0.355 e.